The Hall–Kier alpha value is -8.15. The normalized spacial score (nSPS) is 11.2. The Labute approximate surface area is 396 Å². The van der Waals surface area contributed by atoms with Gasteiger partial charge in [0.15, 0.2) is 0 Å². The first-order valence-electron chi connectivity index (χ1n) is 21.6. The molecule has 0 aliphatic carbocycles. The first-order valence-corrected chi connectivity index (χ1v) is 21.6. The third kappa shape index (κ3) is 7.38. The Morgan fingerprint density at radius 3 is 1.32 bits per heavy atom. The Bertz CT molecular complexity index is 3550. The summed E-state index contributed by atoms with van der Waals surface area (Å²) in [6, 6.07) is 75.6. The summed E-state index contributed by atoms with van der Waals surface area (Å²) in [5.41, 5.74) is 19.5. The van der Waals surface area contributed by atoms with Gasteiger partial charge in [0.25, 0.3) is 0 Å². The molecule has 6 heteroatoms. The van der Waals surface area contributed by atoms with Gasteiger partial charge in [0.05, 0.1) is 6.33 Å². The molecule has 310 valence electrons. The van der Waals surface area contributed by atoms with E-state index in [1.807, 2.05) is 91.8 Å². The third-order valence-corrected chi connectivity index (χ3v) is 12.2. The second kappa shape index (κ2) is 17.4. The van der Waals surface area contributed by atoms with Gasteiger partial charge in [-0.2, -0.15) is 0 Å². The molecule has 0 amide bonds. The summed E-state index contributed by atoms with van der Waals surface area (Å²) in [7, 11) is 0. The molecule has 0 atom stereocenters. The molecule has 66 heavy (non-hydrogen) atoms. The zero-order chi connectivity index (χ0) is 43.1. The quantitative estimate of drug-likeness (QED) is 0.112. The molecule has 0 aliphatic heterocycles. The molecular formula is C60H36IrN5. The summed E-state index contributed by atoms with van der Waals surface area (Å²) >= 11 is 0. The van der Waals surface area contributed by atoms with E-state index in [0.717, 1.165) is 117 Å². The van der Waals surface area contributed by atoms with Crippen molar-refractivity contribution >= 4 is 27.3 Å². The van der Waals surface area contributed by atoms with Gasteiger partial charge in [0.1, 0.15) is 0 Å². The van der Waals surface area contributed by atoms with E-state index in [1.165, 1.54) is 0 Å². The van der Waals surface area contributed by atoms with Gasteiger partial charge in [-0.05, 0) is 96.9 Å². The van der Waals surface area contributed by atoms with Gasteiger partial charge in [-0.25, -0.2) is 4.98 Å². The van der Waals surface area contributed by atoms with Crippen LogP contribution in [0.15, 0.2) is 219 Å². The monoisotopic (exact) mass is 1020 g/mol. The van der Waals surface area contributed by atoms with Crippen LogP contribution in [0.25, 0.3) is 117 Å². The second-order valence-electron chi connectivity index (χ2n) is 16.1. The predicted molar refractivity (Wildman–Crippen MR) is 264 cm³/mol. The van der Waals surface area contributed by atoms with Gasteiger partial charge in [0, 0.05) is 46.9 Å². The summed E-state index contributed by atoms with van der Waals surface area (Å²) in [6.07, 6.45) is 9.72. The van der Waals surface area contributed by atoms with Gasteiger partial charge < -0.3 is 19.4 Å². The van der Waals surface area contributed by atoms with E-state index in [-0.39, 0.29) is 20.1 Å². The first-order chi connectivity index (χ1) is 32.2. The maximum atomic E-state index is 5.13. The number of imidazole rings is 1. The maximum absolute atomic E-state index is 5.13. The zero-order valence-corrected chi connectivity index (χ0v) is 37.7. The van der Waals surface area contributed by atoms with Crippen LogP contribution in [0.4, 0.5) is 0 Å². The molecular weight excluding hydrogens is 983 g/mol. The van der Waals surface area contributed by atoms with Crippen LogP contribution in [0, 0.1) is 18.2 Å². The summed E-state index contributed by atoms with van der Waals surface area (Å²) in [5, 5.41) is 2.06. The number of aromatic nitrogens is 5. The molecule has 0 saturated carbocycles. The number of nitrogens with zero attached hydrogens (tertiary/aromatic N) is 5. The average Bonchev–Trinajstić information content (AvgIpc) is 3.90. The van der Waals surface area contributed by atoms with Gasteiger partial charge in [-0.3, -0.25) is 0 Å². The molecule has 0 bridgehead atoms. The van der Waals surface area contributed by atoms with Crippen molar-refractivity contribution in [2.75, 3.05) is 0 Å². The minimum atomic E-state index is 0. The predicted octanol–water partition coefficient (Wildman–Crippen LogP) is 14.6. The van der Waals surface area contributed by atoms with Crippen molar-refractivity contribution in [1.82, 2.24) is 24.3 Å². The largest absolute Gasteiger partial charge is 3.00 e. The molecule has 0 saturated heterocycles. The van der Waals surface area contributed by atoms with Crippen molar-refractivity contribution in [3.05, 3.63) is 237 Å². The van der Waals surface area contributed by atoms with Crippen molar-refractivity contribution in [1.29, 1.82) is 0 Å². The molecule has 0 unspecified atom stereocenters. The Balaban J connectivity index is 0.00000481. The Morgan fingerprint density at radius 1 is 0.364 bits per heavy atom. The van der Waals surface area contributed by atoms with Gasteiger partial charge in [0.2, 0.25) is 0 Å². The van der Waals surface area contributed by atoms with Crippen LogP contribution in [0.3, 0.4) is 0 Å². The SMILES string of the molecule is [Ir+3].[c-]1ccccc1-c1ccc(-c2ccccc2-c2cc(-c3ccccc3-c3ccc(-c4[c-]cccc4)nc3)cc(-c3ccccc3-c3cnc4c5[c-]cccc5c5cncn5c4c3)c2)cn1. The van der Waals surface area contributed by atoms with Gasteiger partial charge in [-0.15, -0.1) is 101 Å². The Kier molecular flexibility index (Phi) is 10.7. The van der Waals surface area contributed by atoms with E-state index in [2.05, 4.69) is 155 Å². The average molecular weight is 1020 g/mol. The van der Waals surface area contributed by atoms with Crippen LogP contribution in [-0.2, 0) is 20.1 Å². The minimum absolute atomic E-state index is 0. The van der Waals surface area contributed by atoms with Crippen LogP contribution in [-0.4, -0.2) is 24.3 Å². The summed E-state index contributed by atoms with van der Waals surface area (Å²) in [5.74, 6) is 0. The fraction of sp³-hybridized carbons (Fsp3) is 0. The third-order valence-electron chi connectivity index (χ3n) is 12.2. The van der Waals surface area contributed by atoms with Gasteiger partial charge in [-0.1, -0.05) is 102 Å². The minimum Gasteiger partial charge on any atom is -0.314 e. The first kappa shape index (κ1) is 40.6. The molecule has 5 heterocycles. The van der Waals surface area contributed by atoms with Crippen molar-refractivity contribution in [3.8, 4) is 89.3 Å². The standard InChI is InChI=1S/C60H36N5.Ir/c1-3-15-40(16-4-1)56-29-27-42(35-62-56)48-19-7-9-21-50(48)44-31-45(51-22-10-8-20-49(51)43-28-30-57(63-36-43)41-17-5-2-6-18-41)33-46(32-44)52-23-11-12-24-53(52)47-34-58-60(64-37-47)55-26-14-13-25-54(55)59-38-61-39-65(58)59;/h1-15,17,19-25,27-39H;/q-3;+3. The van der Waals surface area contributed by atoms with E-state index in [4.69, 9.17) is 15.0 Å². The number of benzene rings is 7. The van der Waals surface area contributed by atoms with Crippen LogP contribution in [0.2, 0.25) is 0 Å². The number of rotatable bonds is 8. The molecule has 0 spiro atoms. The van der Waals surface area contributed by atoms with E-state index in [1.54, 1.807) is 0 Å². The van der Waals surface area contributed by atoms with Crippen molar-refractivity contribution in [2.24, 2.45) is 0 Å². The molecule has 0 fully saturated rings. The number of hydrogen-bond donors (Lipinski definition) is 0. The molecule has 7 aromatic carbocycles. The summed E-state index contributed by atoms with van der Waals surface area (Å²) in [6.45, 7) is 0. The fourth-order valence-corrected chi connectivity index (χ4v) is 9.09. The second-order valence-corrected chi connectivity index (χ2v) is 16.1. The van der Waals surface area contributed by atoms with Crippen molar-refractivity contribution in [3.63, 3.8) is 0 Å². The van der Waals surface area contributed by atoms with E-state index in [0.29, 0.717) is 0 Å². The number of hydrogen-bond acceptors (Lipinski definition) is 4. The van der Waals surface area contributed by atoms with Crippen LogP contribution in [0.1, 0.15) is 0 Å². The molecule has 0 radical (unpaired) electrons. The Morgan fingerprint density at radius 2 is 0.833 bits per heavy atom. The van der Waals surface area contributed by atoms with Crippen LogP contribution in [0.5, 0.6) is 0 Å². The van der Waals surface area contributed by atoms with Crippen molar-refractivity contribution < 1.29 is 20.1 Å². The maximum Gasteiger partial charge on any atom is 3.00 e. The molecule has 0 N–H and O–H groups in total. The fourth-order valence-electron chi connectivity index (χ4n) is 9.09. The molecule has 12 aromatic rings. The van der Waals surface area contributed by atoms with Crippen molar-refractivity contribution in [2.45, 2.75) is 0 Å². The molecule has 5 nitrogen and oxygen atoms in total. The molecule has 12 rings (SSSR count). The van der Waals surface area contributed by atoms with E-state index < -0.39 is 0 Å². The zero-order valence-electron chi connectivity index (χ0n) is 35.4. The van der Waals surface area contributed by atoms with Crippen LogP contribution >= 0.6 is 0 Å². The summed E-state index contributed by atoms with van der Waals surface area (Å²) < 4.78 is 2.14. The van der Waals surface area contributed by atoms with Crippen LogP contribution < -0.4 is 0 Å². The van der Waals surface area contributed by atoms with E-state index >= 15 is 0 Å². The molecule has 5 aromatic heterocycles. The summed E-state index contributed by atoms with van der Waals surface area (Å²) in [4.78, 5) is 19.5. The molecule has 0 aliphatic rings. The number of fused-ring (bicyclic) bond motifs is 6. The number of pyridine rings is 4. The van der Waals surface area contributed by atoms with E-state index in [9.17, 15) is 0 Å². The topological polar surface area (TPSA) is 56.0 Å². The smallest absolute Gasteiger partial charge is 0.314 e. The van der Waals surface area contributed by atoms with Gasteiger partial charge >= 0.3 is 20.1 Å².